The Bertz CT molecular complexity index is 836. The highest BCUT2D eigenvalue weighted by Crippen LogP contribution is 2.45. The van der Waals surface area contributed by atoms with Crippen molar-refractivity contribution in [1.29, 1.82) is 0 Å². The van der Waals surface area contributed by atoms with E-state index < -0.39 is 6.29 Å². The van der Waals surface area contributed by atoms with Crippen LogP contribution in [0.2, 0.25) is 5.02 Å². The number of nitrogens with one attached hydrogen (secondary N) is 1. The molecular weight excluding hydrogens is 366 g/mol. The van der Waals surface area contributed by atoms with Crippen LogP contribution >= 0.6 is 11.6 Å². The third-order valence-electron chi connectivity index (χ3n) is 4.17. The van der Waals surface area contributed by atoms with Gasteiger partial charge in [0.25, 0.3) is 0 Å². The van der Waals surface area contributed by atoms with Gasteiger partial charge in [-0.1, -0.05) is 31.2 Å². The van der Waals surface area contributed by atoms with Crippen LogP contribution in [0.1, 0.15) is 25.8 Å². The molecule has 2 atom stereocenters. The molecule has 26 heavy (non-hydrogen) atoms. The summed E-state index contributed by atoms with van der Waals surface area (Å²) < 4.78 is 35.1. The first kappa shape index (κ1) is 18.4. The van der Waals surface area contributed by atoms with Crippen molar-refractivity contribution in [2.75, 3.05) is 0 Å². The van der Waals surface area contributed by atoms with E-state index in [1.165, 1.54) is 24.4 Å². The molecule has 0 saturated heterocycles. The number of allylic oxidation sites excluding steroid dienone is 2. The van der Waals surface area contributed by atoms with Crippen LogP contribution in [0.3, 0.4) is 0 Å². The number of ether oxygens (including phenoxy) is 2. The zero-order valence-corrected chi connectivity index (χ0v) is 14.9. The zero-order valence-electron chi connectivity index (χ0n) is 14.2. The van der Waals surface area contributed by atoms with E-state index in [0.717, 1.165) is 6.42 Å². The largest absolute Gasteiger partial charge is 0.586 e. The molecule has 1 aromatic rings. The van der Waals surface area contributed by atoms with Crippen molar-refractivity contribution in [3.8, 4) is 11.5 Å². The SMILES string of the molecule is C=C/C(=C\N=C(/C)NC(=O)C1CC1C)c1cc2c(cc1Cl)OC(F)(F)O2. The van der Waals surface area contributed by atoms with Gasteiger partial charge in [-0.2, -0.15) is 0 Å². The van der Waals surface area contributed by atoms with E-state index in [1.807, 2.05) is 6.92 Å². The number of nitrogens with zero attached hydrogens (tertiary/aromatic N) is 1. The highest BCUT2D eigenvalue weighted by molar-refractivity contribution is 6.32. The predicted molar refractivity (Wildman–Crippen MR) is 94.4 cm³/mol. The maximum Gasteiger partial charge on any atom is 0.586 e. The van der Waals surface area contributed by atoms with Crippen LogP contribution in [-0.2, 0) is 4.79 Å². The van der Waals surface area contributed by atoms with Gasteiger partial charge in [0.15, 0.2) is 11.5 Å². The average Bonchev–Trinajstić information content (AvgIpc) is 3.20. The van der Waals surface area contributed by atoms with Gasteiger partial charge < -0.3 is 14.8 Å². The number of halogens is 3. The second-order valence-electron chi connectivity index (χ2n) is 6.26. The molecule has 5 nitrogen and oxygen atoms in total. The Hall–Kier alpha value is -2.41. The van der Waals surface area contributed by atoms with Gasteiger partial charge in [-0.25, -0.2) is 4.99 Å². The van der Waals surface area contributed by atoms with Crippen LogP contribution in [-0.4, -0.2) is 18.0 Å². The maximum atomic E-state index is 13.2. The first-order valence-electron chi connectivity index (χ1n) is 7.98. The van der Waals surface area contributed by atoms with Crippen LogP contribution in [0.15, 0.2) is 36.0 Å². The number of carbonyl (C=O) groups excluding carboxylic acids is 1. The number of hydrogen-bond acceptors (Lipinski definition) is 4. The second-order valence-corrected chi connectivity index (χ2v) is 6.67. The van der Waals surface area contributed by atoms with Crippen molar-refractivity contribution in [1.82, 2.24) is 5.32 Å². The molecule has 8 heteroatoms. The van der Waals surface area contributed by atoms with E-state index in [2.05, 4.69) is 26.4 Å². The molecule has 2 unspecified atom stereocenters. The summed E-state index contributed by atoms with van der Waals surface area (Å²) in [6, 6.07) is 2.58. The molecule has 0 spiro atoms. The molecule has 1 N–H and O–H groups in total. The highest BCUT2D eigenvalue weighted by atomic mass is 35.5. The van der Waals surface area contributed by atoms with Crippen molar-refractivity contribution in [2.45, 2.75) is 26.6 Å². The topological polar surface area (TPSA) is 59.9 Å². The molecular formula is C18H17ClF2N2O3. The highest BCUT2D eigenvalue weighted by Gasteiger charge is 2.44. The Morgan fingerprint density at radius 3 is 2.62 bits per heavy atom. The fourth-order valence-electron chi connectivity index (χ4n) is 2.58. The molecule has 1 aliphatic heterocycles. The first-order valence-corrected chi connectivity index (χ1v) is 8.35. The molecule has 3 rings (SSSR count). The molecule has 0 radical (unpaired) electrons. The van der Waals surface area contributed by atoms with E-state index in [9.17, 15) is 13.6 Å². The lowest BCUT2D eigenvalue weighted by atomic mass is 10.1. The zero-order chi connectivity index (χ0) is 19.1. The Balaban J connectivity index is 1.80. The Labute approximate surface area is 154 Å². The van der Waals surface area contributed by atoms with Crippen molar-refractivity contribution < 1.29 is 23.0 Å². The summed E-state index contributed by atoms with van der Waals surface area (Å²) >= 11 is 6.15. The molecule has 138 valence electrons. The van der Waals surface area contributed by atoms with Gasteiger partial charge in [0.1, 0.15) is 5.84 Å². The summed E-state index contributed by atoms with van der Waals surface area (Å²) in [6.07, 6.45) is 0.0786. The molecule has 1 saturated carbocycles. The monoisotopic (exact) mass is 382 g/mol. The molecule has 1 amide bonds. The number of amides is 1. The molecule has 0 aromatic heterocycles. The van der Waals surface area contributed by atoms with Crippen LogP contribution in [0.25, 0.3) is 5.57 Å². The van der Waals surface area contributed by atoms with Gasteiger partial charge in [-0.15, -0.1) is 8.78 Å². The molecule has 1 heterocycles. The number of aliphatic imine (C=N–C) groups is 1. The minimum atomic E-state index is -3.72. The summed E-state index contributed by atoms with van der Waals surface area (Å²) in [6.45, 7) is 7.35. The van der Waals surface area contributed by atoms with Crippen molar-refractivity contribution in [2.24, 2.45) is 16.8 Å². The van der Waals surface area contributed by atoms with Crippen LogP contribution in [0, 0.1) is 11.8 Å². The van der Waals surface area contributed by atoms with E-state index >= 15 is 0 Å². The normalized spacial score (nSPS) is 23.6. The summed E-state index contributed by atoms with van der Waals surface area (Å²) in [5.41, 5.74) is 0.880. The molecule has 1 aliphatic carbocycles. The van der Waals surface area contributed by atoms with Crippen molar-refractivity contribution in [3.05, 3.63) is 41.6 Å². The number of carbonyl (C=O) groups is 1. The molecule has 1 fully saturated rings. The van der Waals surface area contributed by atoms with E-state index in [1.54, 1.807) is 6.92 Å². The minimum Gasteiger partial charge on any atom is -0.395 e. The van der Waals surface area contributed by atoms with Crippen LogP contribution < -0.4 is 14.8 Å². The summed E-state index contributed by atoms with van der Waals surface area (Å²) in [4.78, 5) is 16.1. The summed E-state index contributed by atoms with van der Waals surface area (Å²) in [5.74, 6) is 0.518. The number of benzene rings is 1. The smallest absolute Gasteiger partial charge is 0.395 e. The fourth-order valence-corrected chi connectivity index (χ4v) is 2.84. The molecule has 2 aliphatic rings. The van der Waals surface area contributed by atoms with Crippen LogP contribution in [0.4, 0.5) is 8.78 Å². The Kier molecular flexibility index (Phi) is 4.75. The van der Waals surface area contributed by atoms with Gasteiger partial charge in [-0.05, 0) is 25.3 Å². The van der Waals surface area contributed by atoms with E-state index in [4.69, 9.17) is 11.6 Å². The number of alkyl halides is 2. The quantitative estimate of drug-likeness (QED) is 0.477. The maximum absolute atomic E-state index is 13.2. The fraction of sp³-hybridized carbons (Fsp3) is 0.333. The van der Waals surface area contributed by atoms with Crippen molar-refractivity contribution in [3.63, 3.8) is 0 Å². The average molecular weight is 383 g/mol. The number of hydrogen-bond donors (Lipinski definition) is 1. The van der Waals surface area contributed by atoms with Gasteiger partial charge in [0.05, 0.1) is 5.02 Å². The Morgan fingerprint density at radius 1 is 1.42 bits per heavy atom. The van der Waals surface area contributed by atoms with Gasteiger partial charge in [-0.3, -0.25) is 4.79 Å². The standard InChI is InChI=1S/C18H17ClF2N2O3/c1-4-11(8-22-10(3)23-17(24)12-5-9(12)2)13-6-15-16(7-14(13)19)26-18(20,21)25-15/h4,6-9,12H,1,5H2,2-3H3,(H,22,23,24)/b11-8+. The van der Waals surface area contributed by atoms with Crippen molar-refractivity contribution >= 4 is 28.9 Å². The first-order chi connectivity index (χ1) is 12.2. The lowest BCUT2D eigenvalue weighted by Gasteiger charge is -2.07. The summed E-state index contributed by atoms with van der Waals surface area (Å²) in [7, 11) is 0. The minimum absolute atomic E-state index is 0.0352. The Morgan fingerprint density at radius 2 is 2.04 bits per heavy atom. The third-order valence-corrected chi connectivity index (χ3v) is 4.48. The predicted octanol–water partition coefficient (Wildman–Crippen LogP) is 4.38. The number of rotatable bonds is 4. The van der Waals surface area contributed by atoms with Gasteiger partial charge in [0.2, 0.25) is 5.91 Å². The number of fused-ring (bicyclic) bond motifs is 1. The lowest BCUT2D eigenvalue weighted by Crippen LogP contribution is -2.29. The summed E-state index contributed by atoms with van der Waals surface area (Å²) in [5, 5.41) is 2.91. The third kappa shape index (κ3) is 3.88. The van der Waals surface area contributed by atoms with Crippen LogP contribution in [0.5, 0.6) is 11.5 Å². The van der Waals surface area contributed by atoms with E-state index in [0.29, 0.717) is 22.9 Å². The lowest BCUT2D eigenvalue weighted by molar-refractivity contribution is -0.286. The van der Waals surface area contributed by atoms with E-state index in [-0.39, 0.29) is 28.3 Å². The van der Waals surface area contributed by atoms with Gasteiger partial charge >= 0.3 is 6.29 Å². The number of amidine groups is 1. The second kappa shape index (κ2) is 6.72. The molecule has 0 bridgehead atoms. The molecule has 1 aromatic carbocycles. The van der Waals surface area contributed by atoms with Gasteiger partial charge in [0, 0.05) is 29.3 Å².